The number of aliphatic imine (C=N–C) groups is 1. The van der Waals surface area contributed by atoms with Crippen LogP contribution in [0.5, 0.6) is 0 Å². The van der Waals surface area contributed by atoms with Gasteiger partial charge in [-0.1, -0.05) is 12.8 Å². The predicted octanol–water partition coefficient (Wildman–Crippen LogP) is 1.33. The molecule has 2 amide bonds. The number of unbranched alkanes of at least 4 members (excludes halogenated alkanes) is 1. The van der Waals surface area contributed by atoms with Gasteiger partial charge in [0, 0.05) is 13.0 Å². The number of rotatable bonds is 11. The van der Waals surface area contributed by atoms with Crippen molar-refractivity contribution < 1.29 is 18.8 Å². The first-order valence-electron chi connectivity index (χ1n) is 9.00. The highest BCUT2D eigenvalue weighted by molar-refractivity contribution is 5.96. The molecule has 0 aromatic rings. The molecule has 0 spiro atoms. The standard InChI is InChI=1S/C18H29FN4O3/c1-21-11-14(19)18(26)23(2)12-16(24)15(9-5-6-10-20)22-17(25)13-7-3-4-8-13/h11,13,15H,1,3-10,12,20H2,2H3,(H,22,25)/b14-11+/t15-/m0/s1. The van der Waals surface area contributed by atoms with Crippen LogP contribution in [-0.4, -0.2) is 55.4 Å². The second kappa shape index (κ2) is 11.5. The van der Waals surface area contributed by atoms with E-state index in [1.54, 1.807) is 0 Å². The number of carbonyl (C=O) groups excluding carboxylic acids is 3. The van der Waals surface area contributed by atoms with Crippen LogP contribution < -0.4 is 11.1 Å². The number of nitrogens with one attached hydrogen (secondary N) is 1. The molecule has 1 rings (SSSR count). The normalized spacial score (nSPS) is 16.2. The molecule has 3 N–H and O–H groups in total. The smallest absolute Gasteiger partial charge is 0.284 e. The SMILES string of the molecule is C=N/C=C(/F)C(=O)N(C)CC(=O)[C@H](CCCCN)NC(=O)C1CCCC1. The molecule has 1 atom stereocenters. The number of likely N-dealkylation sites (N-methyl/N-ethyl adjacent to an activating group) is 1. The lowest BCUT2D eigenvalue weighted by Gasteiger charge is -2.23. The molecular formula is C18H29FN4O3. The predicted molar refractivity (Wildman–Crippen MR) is 98.2 cm³/mol. The highest BCUT2D eigenvalue weighted by atomic mass is 19.1. The molecule has 1 aliphatic carbocycles. The number of amides is 2. The van der Waals surface area contributed by atoms with Gasteiger partial charge in [-0.15, -0.1) is 0 Å². The summed E-state index contributed by atoms with van der Waals surface area (Å²) in [5.41, 5.74) is 5.49. The molecule has 0 saturated heterocycles. The second-order valence-electron chi connectivity index (χ2n) is 6.61. The van der Waals surface area contributed by atoms with E-state index < -0.39 is 17.8 Å². The Morgan fingerprint density at radius 3 is 2.58 bits per heavy atom. The van der Waals surface area contributed by atoms with Gasteiger partial charge in [-0.3, -0.25) is 19.4 Å². The summed E-state index contributed by atoms with van der Waals surface area (Å²) in [6.07, 6.45) is 6.27. The Hall–Kier alpha value is -2.09. The lowest BCUT2D eigenvalue weighted by molar-refractivity contribution is -0.134. The van der Waals surface area contributed by atoms with E-state index in [1.807, 2.05) is 0 Å². The third-order valence-electron chi connectivity index (χ3n) is 4.53. The van der Waals surface area contributed by atoms with Gasteiger partial charge in [-0.25, -0.2) is 0 Å². The van der Waals surface area contributed by atoms with Gasteiger partial charge in [0.2, 0.25) is 11.7 Å². The van der Waals surface area contributed by atoms with E-state index in [4.69, 9.17) is 5.73 Å². The van der Waals surface area contributed by atoms with Gasteiger partial charge in [-0.05, 0) is 45.4 Å². The minimum atomic E-state index is -1.09. The Morgan fingerprint density at radius 2 is 2.00 bits per heavy atom. The van der Waals surface area contributed by atoms with E-state index in [2.05, 4.69) is 17.0 Å². The van der Waals surface area contributed by atoms with Gasteiger partial charge in [0.05, 0.1) is 18.8 Å². The van der Waals surface area contributed by atoms with Crippen molar-refractivity contribution in [2.24, 2.45) is 16.6 Å². The summed E-state index contributed by atoms with van der Waals surface area (Å²) >= 11 is 0. The molecule has 0 aromatic carbocycles. The summed E-state index contributed by atoms with van der Waals surface area (Å²) in [7, 11) is 1.33. The van der Waals surface area contributed by atoms with Crippen LogP contribution in [0, 0.1) is 5.92 Å². The average Bonchev–Trinajstić information content (AvgIpc) is 3.15. The number of hydrogen-bond donors (Lipinski definition) is 2. The molecule has 7 nitrogen and oxygen atoms in total. The topological polar surface area (TPSA) is 105 Å². The minimum Gasteiger partial charge on any atom is -0.346 e. The molecule has 0 unspecified atom stereocenters. The molecule has 1 aliphatic rings. The Labute approximate surface area is 153 Å². The van der Waals surface area contributed by atoms with E-state index in [0.717, 1.165) is 37.0 Å². The van der Waals surface area contributed by atoms with Gasteiger partial charge < -0.3 is 16.0 Å². The summed E-state index contributed by atoms with van der Waals surface area (Å²) in [4.78, 5) is 40.9. The monoisotopic (exact) mass is 368 g/mol. The Bertz CT molecular complexity index is 545. The van der Waals surface area contributed by atoms with Crippen LogP contribution in [0.3, 0.4) is 0 Å². The van der Waals surface area contributed by atoms with Crippen LogP contribution in [-0.2, 0) is 14.4 Å². The summed E-state index contributed by atoms with van der Waals surface area (Å²) in [6.45, 7) is 3.29. The molecule has 0 bridgehead atoms. The minimum absolute atomic E-state index is 0.0572. The largest absolute Gasteiger partial charge is 0.346 e. The van der Waals surface area contributed by atoms with Crippen LogP contribution in [0.2, 0.25) is 0 Å². The Morgan fingerprint density at radius 1 is 1.35 bits per heavy atom. The Balaban J connectivity index is 2.69. The fourth-order valence-electron chi connectivity index (χ4n) is 3.02. The maximum atomic E-state index is 13.5. The van der Waals surface area contributed by atoms with Crippen LogP contribution in [0.25, 0.3) is 0 Å². The fraction of sp³-hybridized carbons (Fsp3) is 0.667. The maximum absolute atomic E-state index is 13.5. The van der Waals surface area contributed by atoms with Crippen LogP contribution in [0.4, 0.5) is 4.39 Å². The molecule has 26 heavy (non-hydrogen) atoms. The van der Waals surface area contributed by atoms with Crippen molar-refractivity contribution in [3.05, 3.63) is 12.0 Å². The van der Waals surface area contributed by atoms with Crippen molar-refractivity contribution in [2.45, 2.75) is 51.0 Å². The second-order valence-corrected chi connectivity index (χ2v) is 6.61. The molecule has 1 fully saturated rings. The van der Waals surface area contributed by atoms with E-state index in [9.17, 15) is 18.8 Å². The number of Topliss-reactive ketones (excluding diaryl/α,β-unsaturated/α-hetero) is 1. The zero-order chi connectivity index (χ0) is 19.5. The van der Waals surface area contributed by atoms with E-state index in [0.29, 0.717) is 25.6 Å². The zero-order valence-electron chi connectivity index (χ0n) is 15.4. The van der Waals surface area contributed by atoms with Crippen molar-refractivity contribution in [1.82, 2.24) is 10.2 Å². The van der Waals surface area contributed by atoms with Crippen LogP contribution >= 0.6 is 0 Å². The highest BCUT2D eigenvalue weighted by Gasteiger charge is 2.28. The summed E-state index contributed by atoms with van der Waals surface area (Å²) in [6, 6.07) is -0.700. The number of hydrogen-bond acceptors (Lipinski definition) is 5. The first-order chi connectivity index (χ1) is 12.4. The number of carbonyl (C=O) groups is 3. The van der Waals surface area contributed by atoms with Crippen LogP contribution in [0.1, 0.15) is 44.9 Å². The Kier molecular flexibility index (Phi) is 9.72. The van der Waals surface area contributed by atoms with Crippen molar-refractivity contribution in [2.75, 3.05) is 20.1 Å². The zero-order valence-corrected chi connectivity index (χ0v) is 15.4. The molecule has 0 heterocycles. The average molecular weight is 368 g/mol. The van der Waals surface area contributed by atoms with Gasteiger partial charge in [0.1, 0.15) is 0 Å². The maximum Gasteiger partial charge on any atom is 0.284 e. The third-order valence-corrected chi connectivity index (χ3v) is 4.53. The van der Waals surface area contributed by atoms with Gasteiger partial charge in [-0.2, -0.15) is 4.39 Å². The lowest BCUT2D eigenvalue weighted by atomic mass is 10.0. The summed E-state index contributed by atoms with van der Waals surface area (Å²) in [5, 5.41) is 2.81. The molecular weight excluding hydrogens is 339 g/mol. The molecule has 0 aliphatic heterocycles. The van der Waals surface area contributed by atoms with Crippen molar-refractivity contribution in [3.63, 3.8) is 0 Å². The van der Waals surface area contributed by atoms with Gasteiger partial charge >= 0.3 is 0 Å². The van der Waals surface area contributed by atoms with Crippen molar-refractivity contribution in [3.8, 4) is 0 Å². The van der Waals surface area contributed by atoms with E-state index >= 15 is 0 Å². The molecule has 146 valence electrons. The molecule has 0 radical (unpaired) electrons. The number of halogens is 1. The summed E-state index contributed by atoms with van der Waals surface area (Å²) in [5.74, 6) is -2.55. The van der Waals surface area contributed by atoms with Crippen molar-refractivity contribution in [1.29, 1.82) is 0 Å². The van der Waals surface area contributed by atoms with Gasteiger partial charge in [0.15, 0.2) is 5.78 Å². The summed E-state index contributed by atoms with van der Waals surface area (Å²) < 4.78 is 13.5. The van der Waals surface area contributed by atoms with E-state index in [-0.39, 0.29) is 24.2 Å². The molecule has 0 aromatic heterocycles. The van der Waals surface area contributed by atoms with E-state index in [1.165, 1.54) is 7.05 Å². The van der Waals surface area contributed by atoms with Crippen LogP contribution in [0.15, 0.2) is 17.0 Å². The fourth-order valence-corrected chi connectivity index (χ4v) is 3.02. The first kappa shape index (κ1) is 22.0. The first-order valence-corrected chi connectivity index (χ1v) is 9.00. The molecule has 1 saturated carbocycles. The number of ketones is 1. The quantitative estimate of drug-likeness (QED) is 0.326. The third kappa shape index (κ3) is 7.03. The lowest BCUT2D eigenvalue weighted by Crippen LogP contribution is -2.47. The highest BCUT2D eigenvalue weighted by Crippen LogP contribution is 2.25. The molecule has 8 heteroatoms. The van der Waals surface area contributed by atoms with Crippen molar-refractivity contribution >= 4 is 24.3 Å². The van der Waals surface area contributed by atoms with Gasteiger partial charge in [0.25, 0.3) is 5.91 Å². The number of nitrogens with zero attached hydrogens (tertiary/aromatic N) is 2. The number of nitrogens with two attached hydrogens (primary N) is 1.